The maximum atomic E-state index is 11.8. The first-order valence-corrected chi connectivity index (χ1v) is 8.05. The van der Waals surface area contributed by atoms with Gasteiger partial charge in [0.05, 0.1) is 5.41 Å². The topological polar surface area (TPSA) is 40.5 Å². The number of aliphatic carboxylic acids is 1. The molecular weight excluding hydrogens is 238 g/mol. The molecule has 0 amide bonds. The Bertz CT molecular complexity index is 304. The van der Waals surface area contributed by atoms with E-state index in [0.29, 0.717) is 12.0 Å². The van der Waals surface area contributed by atoms with Crippen molar-refractivity contribution in [2.24, 2.45) is 11.3 Å². The fourth-order valence-electron chi connectivity index (χ4n) is 3.33. The summed E-state index contributed by atoms with van der Waals surface area (Å²) in [7, 11) is 0. The number of rotatable bonds is 7. The smallest absolute Gasteiger partial charge is 0.310 e. The van der Waals surface area contributed by atoms with Crippen LogP contribution in [0.5, 0.6) is 0 Å². The van der Waals surface area contributed by atoms with Crippen molar-refractivity contribution in [3.8, 4) is 0 Å². The zero-order valence-corrected chi connectivity index (χ0v) is 12.5. The van der Waals surface area contributed by atoms with Gasteiger partial charge in [0.1, 0.15) is 0 Å². The van der Waals surface area contributed by atoms with Crippen LogP contribution in [0.15, 0.2) is 0 Å². The van der Waals surface area contributed by atoms with Crippen LogP contribution in [0.25, 0.3) is 0 Å². The lowest BCUT2D eigenvalue weighted by atomic mass is 9.70. The Labute approximate surface area is 117 Å². The third-order valence-electron chi connectivity index (χ3n) is 5.05. The van der Waals surface area contributed by atoms with Crippen LogP contribution in [-0.4, -0.2) is 35.1 Å². The summed E-state index contributed by atoms with van der Waals surface area (Å²) in [6.45, 7) is 6.34. The molecule has 0 aromatic rings. The minimum atomic E-state index is -0.554. The molecule has 0 aromatic carbocycles. The van der Waals surface area contributed by atoms with Gasteiger partial charge in [0.15, 0.2) is 0 Å². The Balaban J connectivity index is 2.00. The summed E-state index contributed by atoms with van der Waals surface area (Å²) < 4.78 is 0. The zero-order valence-electron chi connectivity index (χ0n) is 12.5. The number of carboxylic acids is 1. The maximum absolute atomic E-state index is 11.8. The molecule has 0 heterocycles. The second-order valence-corrected chi connectivity index (χ2v) is 6.82. The molecule has 110 valence electrons. The van der Waals surface area contributed by atoms with Crippen molar-refractivity contribution in [1.82, 2.24) is 4.90 Å². The second-order valence-electron chi connectivity index (χ2n) is 6.82. The Kier molecular flexibility index (Phi) is 4.88. The number of unbranched alkanes of at least 4 members (excludes halogenated alkanes) is 1. The highest BCUT2D eigenvalue weighted by atomic mass is 16.4. The molecule has 2 fully saturated rings. The number of nitrogens with zero attached hydrogens (tertiary/aromatic N) is 1. The zero-order chi connectivity index (χ0) is 13.9. The van der Waals surface area contributed by atoms with E-state index < -0.39 is 11.4 Å². The molecule has 0 radical (unpaired) electrons. The lowest BCUT2D eigenvalue weighted by molar-refractivity contribution is -0.153. The van der Waals surface area contributed by atoms with Crippen molar-refractivity contribution in [1.29, 1.82) is 0 Å². The highest BCUT2D eigenvalue weighted by Gasteiger charge is 2.44. The predicted molar refractivity (Wildman–Crippen MR) is 77.2 cm³/mol. The predicted octanol–water partition coefficient (Wildman–Crippen LogP) is 3.53. The molecule has 0 bridgehead atoms. The normalized spacial score (nSPS) is 31.6. The molecule has 19 heavy (non-hydrogen) atoms. The van der Waals surface area contributed by atoms with E-state index in [4.69, 9.17) is 0 Å². The quantitative estimate of drug-likeness (QED) is 0.767. The molecule has 2 saturated carbocycles. The van der Waals surface area contributed by atoms with Crippen molar-refractivity contribution in [3.05, 3.63) is 0 Å². The molecule has 0 spiro atoms. The van der Waals surface area contributed by atoms with Crippen LogP contribution in [0.1, 0.15) is 65.2 Å². The van der Waals surface area contributed by atoms with Gasteiger partial charge in [0.25, 0.3) is 0 Å². The molecule has 2 aliphatic carbocycles. The minimum absolute atomic E-state index is 0.456. The van der Waals surface area contributed by atoms with Gasteiger partial charge in [0, 0.05) is 12.6 Å². The van der Waals surface area contributed by atoms with E-state index in [2.05, 4.69) is 18.7 Å². The van der Waals surface area contributed by atoms with Gasteiger partial charge in [-0.15, -0.1) is 0 Å². The number of hydrogen-bond acceptors (Lipinski definition) is 2. The van der Waals surface area contributed by atoms with Gasteiger partial charge < -0.3 is 5.11 Å². The standard InChI is InChI=1S/C16H29NO2/c1-3-4-11-17(14-5-6-14)12-16(15(18)19)9-7-13(2)8-10-16/h13-14H,3-12H2,1-2H3,(H,18,19). The summed E-state index contributed by atoms with van der Waals surface area (Å²) in [6, 6.07) is 0.683. The fourth-order valence-corrected chi connectivity index (χ4v) is 3.33. The minimum Gasteiger partial charge on any atom is -0.481 e. The Morgan fingerprint density at radius 1 is 1.26 bits per heavy atom. The number of carbonyl (C=O) groups is 1. The summed E-state index contributed by atoms with van der Waals surface area (Å²) >= 11 is 0. The monoisotopic (exact) mass is 267 g/mol. The summed E-state index contributed by atoms with van der Waals surface area (Å²) in [6.07, 6.45) is 8.85. The van der Waals surface area contributed by atoms with Gasteiger partial charge in [-0.25, -0.2) is 0 Å². The van der Waals surface area contributed by atoms with Gasteiger partial charge in [-0.05, 0) is 57.4 Å². The molecular formula is C16H29NO2. The third-order valence-corrected chi connectivity index (χ3v) is 5.05. The Morgan fingerprint density at radius 3 is 2.37 bits per heavy atom. The average Bonchev–Trinajstić information content (AvgIpc) is 3.21. The highest BCUT2D eigenvalue weighted by molar-refractivity contribution is 5.75. The van der Waals surface area contributed by atoms with Gasteiger partial charge in [-0.3, -0.25) is 9.69 Å². The van der Waals surface area contributed by atoms with E-state index in [9.17, 15) is 9.90 Å². The Hall–Kier alpha value is -0.570. The molecule has 3 nitrogen and oxygen atoms in total. The second kappa shape index (κ2) is 6.25. The molecule has 0 saturated heterocycles. The van der Waals surface area contributed by atoms with E-state index in [1.54, 1.807) is 0 Å². The van der Waals surface area contributed by atoms with Crippen LogP contribution in [0.2, 0.25) is 0 Å². The number of hydrogen-bond donors (Lipinski definition) is 1. The van der Waals surface area contributed by atoms with Crippen molar-refractivity contribution >= 4 is 5.97 Å². The van der Waals surface area contributed by atoms with E-state index >= 15 is 0 Å². The molecule has 3 heteroatoms. The molecule has 0 aliphatic heterocycles. The van der Waals surface area contributed by atoms with Crippen molar-refractivity contribution in [2.45, 2.75) is 71.3 Å². The van der Waals surface area contributed by atoms with Gasteiger partial charge in [-0.1, -0.05) is 20.3 Å². The van der Waals surface area contributed by atoms with Crippen LogP contribution in [-0.2, 0) is 4.79 Å². The lowest BCUT2D eigenvalue weighted by Crippen LogP contribution is -2.46. The fraction of sp³-hybridized carbons (Fsp3) is 0.938. The summed E-state index contributed by atoms with van der Waals surface area (Å²) in [4.78, 5) is 14.3. The molecule has 0 atom stereocenters. The third kappa shape index (κ3) is 3.71. The van der Waals surface area contributed by atoms with Crippen molar-refractivity contribution in [2.75, 3.05) is 13.1 Å². The van der Waals surface area contributed by atoms with Crippen LogP contribution in [0, 0.1) is 11.3 Å². The van der Waals surface area contributed by atoms with Gasteiger partial charge in [0.2, 0.25) is 0 Å². The van der Waals surface area contributed by atoms with E-state index in [-0.39, 0.29) is 0 Å². The van der Waals surface area contributed by atoms with Crippen molar-refractivity contribution in [3.63, 3.8) is 0 Å². The molecule has 2 aliphatic rings. The van der Waals surface area contributed by atoms with Crippen LogP contribution >= 0.6 is 0 Å². The SMILES string of the molecule is CCCCN(CC1(C(=O)O)CCC(C)CC1)C1CC1. The van der Waals surface area contributed by atoms with Crippen LogP contribution < -0.4 is 0 Å². The Morgan fingerprint density at radius 2 is 1.89 bits per heavy atom. The van der Waals surface area contributed by atoms with Crippen molar-refractivity contribution < 1.29 is 9.90 Å². The first-order chi connectivity index (χ1) is 9.07. The molecule has 1 N–H and O–H groups in total. The first kappa shape index (κ1) is 14.8. The summed E-state index contributed by atoms with van der Waals surface area (Å²) in [5.74, 6) is 0.152. The maximum Gasteiger partial charge on any atom is 0.310 e. The lowest BCUT2D eigenvalue weighted by Gasteiger charge is -2.39. The molecule has 0 aromatic heterocycles. The highest BCUT2D eigenvalue weighted by Crippen LogP contribution is 2.41. The average molecular weight is 267 g/mol. The van der Waals surface area contributed by atoms with Crippen LogP contribution in [0.4, 0.5) is 0 Å². The number of carboxylic acid groups (broad SMARTS) is 1. The molecule has 2 rings (SSSR count). The summed E-state index contributed by atoms with van der Waals surface area (Å²) in [5.41, 5.74) is -0.456. The van der Waals surface area contributed by atoms with E-state index in [1.165, 1.54) is 25.7 Å². The first-order valence-electron chi connectivity index (χ1n) is 8.05. The molecule has 0 unspecified atom stereocenters. The summed E-state index contributed by atoms with van der Waals surface area (Å²) in [5, 5.41) is 9.72. The largest absolute Gasteiger partial charge is 0.481 e. The van der Waals surface area contributed by atoms with Crippen LogP contribution in [0.3, 0.4) is 0 Å². The van der Waals surface area contributed by atoms with Gasteiger partial charge in [-0.2, -0.15) is 0 Å². The van der Waals surface area contributed by atoms with E-state index in [1.807, 2.05) is 0 Å². The van der Waals surface area contributed by atoms with E-state index in [0.717, 1.165) is 38.8 Å². The van der Waals surface area contributed by atoms with Gasteiger partial charge >= 0.3 is 5.97 Å².